The number of carbonyl (C=O) groups excluding carboxylic acids is 3. The number of hydrogen-bond acceptors (Lipinski definition) is 6. The van der Waals surface area contributed by atoms with Crippen LogP contribution in [-0.2, 0) is 28.6 Å². The third kappa shape index (κ3) is 62.9. The molecule has 0 N–H and O–H groups in total. The van der Waals surface area contributed by atoms with Gasteiger partial charge in [0.15, 0.2) is 6.10 Å². The van der Waals surface area contributed by atoms with Gasteiger partial charge in [-0.05, 0) is 109 Å². The summed E-state index contributed by atoms with van der Waals surface area (Å²) in [7, 11) is 0. The van der Waals surface area contributed by atoms with E-state index < -0.39 is 6.10 Å². The van der Waals surface area contributed by atoms with Gasteiger partial charge in [0, 0.05) is 19.3 Å². The molecule has 6 nitrogen and oxygen atoms in total. The Hall–Kier alpha value is -3.93. The molecule has 0 heterocycles. The summed E-state index contributed by atoms with van der Waals surface area (Å²) in [6, 6.07) is 0. The molecule has 0 fully saturated rings. The van der Waals surface area contributed by atoms with Crippen LogP contribution in [0.3, 0.4) is 0 Å². The summed E-state index contributed by atoms with van der Waals surface area (Å²) < 4.78 is 16.8. The number of esters is 3. The molecular weight excluding hydrogens is 961 g/mol. The van der Waals surface area contributed by atoms with Crippen molar-refractivity contribution in [2.75, 3.05) is 13.2 Å². The van der Waals surface area contributed by atoms with Crippen LogP contribution in [0.25, 0.3) is 0 Å². The minimum absolute atomic E-state index is 0.0791. The normalized spacial score (nSPS) is 12.8. The Morgan fingerprint density at radius 2 is 0.500 bits per heavy atom. The molecule has 446 valence electrons. The number of hydrogen-bond donors (Lipinski definition) is 0. The van der Waals surface area contributed by atoms with Crippen molar-refractivity contribution in [3.63, 3.8) is 0 Å². The van der Waals surface area contributed by atoms with E-state index in [9.17, 15) is 14.4 Å². The maximum atomic E-state index is 12.8. The minimum Gasteiger partial charge on any atom is -0.462 e. The average molecular weight is 1080 g/mol. The first-order valence-electron chi connectivity index (χ1n) is 32.9. The summed E-state index contributed by atoms with van der Waals surface area (Å²) in [5, 5.41) is 0. The Labute approximate surface area is 482 Å². The largest absolute Gasteiger partial charge is 0.462 e. The van der Waals surface area contributed by atoms with Gasteiger partial charge in [0.1, 0.15) is 13.2 Å². The minimum atomic E-state index is -0.779. The molecule has 1 atom stereocenters. The smallest absolute Gasteiger partial charge is 0.306 e. The molecule has 0 aliphatic carbocycles. The highest BCUT2D eigenvalue weighted by Gasteiger charge is 2.19. The van der Waals surface area contributed by atoms with E-state index in [-0.39, 0.29) is 31.1 Å². The van der Waals surface area contributed by atoms with Crippen molar-refractivity contribution in [1.29, 1.82) is 0 Å². The number of carbonyl (C=O) groups is 3. The Morgan fingerprint density at radius 3 is 0.782 bits per heavy atom. The summed E-state index contributed by atoms with van der Waals surface area (Å²) >= 11 is 0. The highest BCUT2D eigenvalue weighted by Crippen LogP contribution is 2.16. The van der Waals surface area contributed by atoms with Crippen molar-refractivity contribution in [2.45, 2.75) is 316 Å². The molecular formula is C72H122O6. The van der Waals surface area contributed by atoms with Crippen molar-refractivity contribution >= 4 is 17.9 Å². The van der Waals surface area contributed by atoms with Crippen LogP contribution in [0.5, 0.6) is 0 Å². The van der Waals surface area contributed by atoms with Crippen molar-refractivity contribution in [2.24, 2.45) is 0 Å². The predicted octanol–water partition coefficient (Wildman–Crippen LogP) is 22.6. The monoisotopic (exact) mass is 1080 g/mol. The molecule has 0 amide bonds. The second-order valence-electron chi connectivity index (χ2n) is 21.6. The third-order valence-electron chi connectivity index (χ3n) is 14.0. The number of rotatable bonds is 59. The van der Waals surface area contributed by atoms with Gasteiger partial charge in [-0.2, -0.15) is 0 Å². The number of ether oxygens (including phenoxy) is 3. The molecule has 1 unspecified atom stereocenters. The summed E-state index contributed by atoms with van der Waals surface area (Å²) in [6.45, 7) is 6.47. The number of unbranched alkanes of at least 4 members (excludes halogenated alkanes) is 30. The quantitative estimate of drug-likeness (QED) is 0.0261. The van der Waals surface area contributed by atoms with Gasteiger partial charge in [0.25, 0.3) is 0 Å². The van der Waals surface area contributed by atoms with Crippen LogP contribution in [0.1, 0.15) is 310 Å². The van der Waals surface area contributed by atoms with Crippen LogP contribution < -0.4 is 0 Å². The van der Waals surface area contributed by atoms with E-state index >= 15 is 0 Å². The first-order chi connectivity index (χ1) is 38.5. The van der Waals surface area contributed by atoms with Crippen LogP contribution in [0.2, 0.25) is 0 Å². The summed E-state index contributed by atoms with van der Waals surface area (Å²) in [6.07, 6.45) is 89.9. The van der Waals surface area contributed by atoms with Crippen LogP contribution in [0.15, 0.2) is 109 Å². The maximum absolute atomic E-state index is 12.8. The lowest BCUT2D eigenvalue weighted by atomic mass is 10.0. The van der Waals surface area contributed by atoms with Crippen LogP contribution in [0.4, 0.5) is 0 Å². The van der Waals surface area contributed by atoms with Crippen molar-refractivity contribution in [1.82, 2.24) is 0 Å². The van der Waals surface area contributed by atoms with Gasteiger partial charge in [0.2, 0.25) is 0 Å². The zero-order chi connectivity index (χ0) is 56.4. The van der Waals surface area contributed by atoms with E-state index in [0.717, 1.165) is 109 Å². The standard InChI is InChI=1S/C72H122O6/c1-4-7-10-13-16-18-20-22-24-26-28-30-31-32-33-34-35-36-37-38-39-40-41-43-44-46-48-50-52-54-56-59-62-65-71(74)77-68-69(67-76-70(73)64-61-58-15-12-9-6-3)78-72(75)66-63-60-57-55-53-51-49-47-45-42-29-27-25-23-21-19-17-14-11-8-5-2/h7,10,16,18,21-24,27-30,32-33,35-36,38-39,69H,4-6,8-9,11-15,17,19-20,25-26,31,34,37,40-68H2,1-3H3/b10-7-,18-16-,23-21-,24-22-,29-27-,30-28-,33-32-,36-35-,39-38-. The summed E-state index contributed by atoms with van der Waals surface area (Å²) in [5.74, 6) is -0.889. The highest BCUT2D eigenvalue weighted by molar-refractivity contribution is 5.71. The zero-order valence-corrected chi connectivity index (χ0v) is 51.2. The van der Waals surface area contributed by atoms with Gasteiger partial charge in [0.05, 0.1) is 0 Å². The van der Waals surface area contributed by atoms with E-state index in [0.29, 0.717) is 19.3 Å². The van der Waals surface area contributed by atoms with Gasteiger partial charge in [-0.1, -0.05) is 291 Å². The van der Waals surface area contributed by atoms with Crippen LogP contribution in [-0.4, -0.2) is 37.2 Å². The van der Waals surface area contributed by atoms with Crippen LogP contribution in [0, 0.1) is 0 Å². The first kappa shape index (κ1) is 74.1. The fraction of sp³-hybridized carbons (Fsp3) is 0.708. The number of allylic oxidation sites excluding steroid dienone is 18. The topological polar surface area (TPSA) is 78.9 Å². The van der Waals surface area contributed by atoms with Crippen molar-refractivity contribution < 1.29 is 28.6 Å². The van der Waals surface area contributed by atoms with Crippen LogP contribution >= 0.6 is 0 Å². The van der Waals surface area contributed by atoms with Crippen molar-refractivity contribution in [3.05, 3.63) is 109 Å². The Kier molecular flexibility index (Phi) is 62.3. The Balaban J connectivity index is 4.08. The van der Waals surface area contributed by atoms with Crippen molar-refractivity contribution in [3.8, 4) is 0 Å². The fourth-order valence-corrected chi connectivity index (χ4v) is 9.10. The third-order valence-corrected chi connectivity index (χ3v) is 14.0. The lowest BCUT2D eigenvalue weighted by Crippen LogP contribution is -2.30. The molecule has 0 saturated carbocycles. The Bertz CT molecular complexity index is 1570. The van der Waals surface area contributed by atoms with E-state index in [1.807, 2.05) is 0 Å². The summed E-state index contributed by atoms with van der Waals surface area (Å²) in [5.41, 5.74) is 0. The summed E-state index contributed by atoms with van der Waals surface area (Å²) in [4.78, 5) is 38.0. The molecule has 0 bridgehead atoms. The van der Waals surface area contributed by atoms with E-state index in [2.05, 4.69) is 130 Å². The average Bonchev–Trinajstić information content (AvgIpc) is 3.44. The molecule has 0 aliphatic heterocycles. The Morgan fingerprint density at radius 1 is 0.269 bits per heavy atom. The predicted molar refractivity (Wildman–Crippen MR) is 339 cm³/mol. The first-order valence-corrected chi connectivity index (χ1v) is 32.9. The molecule has 0 aromatic carbocycles. The molecule has 0 rings (SSSR count). The van der Waals surface area contributed by atoms with Gasteiger partial charge in [-0.3, -0.25) is 14.4 Å². The van der Waals surface area contributed by atoms with Gasteiger partial charge in [-0.25, -0.2) is 0 Å². The maximum Gasteiger partial charge on any atom is 0.306 e. The van der Waals surface area contributed by atoms with E-state index in [4.69, 9.17) is 14.2 Å². The molecule has 0 aliphatic rings. The van der Waals surface area contributed by atoms with Gasteiger partial charge in [-0.15, -0.1) is 0 Å². The lowest BCUT2D eigenvalue weighted by Gasteiger charge is -2.18. The second kappa shape index (κ2) is 65.6. The van der Waals surface area contributed by atoms with E-state index in [1.54, 1.807) is 0 Å². The van der Waals surface area contributed by atoms with Gasteiger partial charge >= 0.3 is 17.9 Å². The fourth-order valence-electron chi connectivity index (χ4n) is 9.10. The van der Waals surface area contributed by atoms with E-state index in [1.165, 1.54) is 161 Å². The molecule has 0 saturated heterocycles. The second-order valence-corrected chi connectivity index (χ2v) is 21.6. The molecule has 0 aromatic heterocycles. The molecule has 0 radical (unpaired) electrons. The molecule has 0 spiro atoms. The molecule has 78 heavy (non-hydrogen) atoms. The zero-order valence-electron chi connectivity index (χ0n) is 51.2. The SMILES string of the molecule is CC/C=C\C/C=C\C/C=C\C/C=C\C/C=C\C/C=C\C/C=C\CCCCCCCCCCCCCC(=O)OCC(COC(=O)CCCCCCCC)OC(=O)CCCCCCCCCCC/C=C\C/C=C\CCCCCCC. The van der Waals surface area contributed by atoms with Gasteiger partial charge < -0.3 is 14.2 Å². The lowest BCUT2D eigenvalue weighted by molar-refractivity contribution is -0.167. The molecule has 6 heteroatoms. The molecule has 0 aromatic rings. The highest BCUT2D eigenvalue weighted by atomic mass is 16.6.